The van der Waals surface area contributed by atoms with Gasteiger partial charge in [-0.3, -0.25) is 9.78 Å². The van der Waals surface area contributed by atoms with Crippen LogP contribution < -0.4 is 10.6 Å². The molecule has 23 heavy (non-hydrogen) atoms. The molecule has 0 atom stereocenters. The van der Waals surface area contributed by atoms with Crippen LogP contribution >= 0.6 is 23.2 Å². The van der Waals surface area contributed by atoms with Gasteiger partial charge in [0.1, 0.15) is 5.69 Å². The molecule has 1 heterocycles. The normalized spacial score (nSPS) is 10.2. The van der Waals surface area contributed by atoms with Crippen LogP contribution in [0.25, 0.3) is 0 Å². The Kier molecular flexibility index (Phi) is 6.44. The number of hydrogen-bond acceptors (Lipinski definition) is 3. The van der Waals surface area contributed by atoms with E-state index in [1.807, 2.05) is 6.07 Å². The van der Waals surface area contributed by atoms with E-state index in [1.165, 1.54) is 0 Å². The Morgan fingerprint density at radius 2 is 2.09 bits per heavy atom. The molecule has 0 saturated carbocycles. The maximum absolute atomic E-state index is 12.1. The summed E-state index contributed by atoms with van der Waals surface area (Å²) in [5, 5.41) is 7.14. The van der Waals surface area contributed by atoms with Crippen LogP contribution in [0.5, 0.6) is 0 Å². The second-order valence-electron chi connectivity index (χ2n) is 4.84. The Balaban J connectivity index is 1.90. The number of nitrogens with one attached hydrogen (secondary N) is 2. The SMILES string of the molecule is C=CCNc1ccnc(C(=O)NCCc2ccc(Cl)cc2Cl)c1. The molecule has 0 aliphatic carbocycles. The van der Waals surface area contributed by atoms with E-state index in [9.17, 15) is 4.79 Å². The van der Waals surface area contributed by atoms with Crippen molar-refractivity contribution in [3.8, 4) is 0 Å². The lowest BCUT2D eigenvalue weighted by molar-refractivity contribution is 0.0949. The van der Waals surface area contributed by atoms with Gasteiger partial charge in [0.15, 0.2) is 0 Å². The second kappa shape index (κ2) is 8.56. The van der Waals surface area contributed by atoms with E-state index in [4.69, 9.17) is 23.2 Å². The Hall–Kier alpha value is -2.04. The van der Waals surface area contributed by atoms with Gasteiger partial charge >= 0.3 is 0 Å². The molecule has 6 heteroatoms. The molecule has 0 spiro atoms. The molecule has 0 aliphatic rings. The minimum Gasteiger partial charge on any atom is -0.381 e. The zero-order valence-electron chi connectivity index (χ0n) is 12.5. The van der Waals surface area contributed by atoms with E-state index >= 15 is 0 Å². The van der Waals surface area contributed by atoms with Crippen LogP contribution in [0.1, 0.15) is 16.1 Å². The summed E-state index contributed by atoms with van der Waals surface area (Å²) < 4.78 is 0. The summed E-state index contributed by atoms with van der Waals surface area (Å²) in [6.45, 7) is 4.73. The quantitative estimate of drug-likeness (QED) is 0.744. The number of amides is 1. The number of nitrogens with zero attached hydrogens (tertiary/aromatic N) is 1. The number of carbonyl (C=O) groups excluding carboxylic acids is 1. The molecule has 0 bridgehead atoms. The van der Waals surface area contributed by atoms with Gasteiger partial charge in [-0.05, 0) is 36.2 Å². The Morgan fingerprint density at radius 3 is 2.83 bits per heavy atom. The molecule has 0 aliphatic heterocycles. The highest BCUT2D eigenvalue weighted by atomic mass is 35.5. The van der Waals surface area contributed by atoms with E-state index < -0.39 is 0 Å². The van der Waals surface area contributed by atoms with Gasteiger partial charge in [-0.25, -0.2) is 0 Å². The van der Waals surface area contributed by atoms with Crippen LogP contribution in [0, 0.1) is 0 Å². The van der Waals surface area contributed by atoms with Crippen LogP contribution in [-0.2, 0) is 6.42 Å². The Morgan fingerprint density at radius 1 is 1.26 bits per heavy atom. The van der Waals surface area contributed by atoms with Crippen molar-refractivity contribution < 1.29 is 4.79 Å². The van der Waals surface area contributed by atoms with Crippen molar-refractivity contribution in [2.24, 2.45) is 0 Å². The maximum atomic E-state index is 12.1. The predicted octanol–water partition coefficient (Wildman–Crippen LogP) is 3.96. The highest BCUT2D eigenvalue weighted by molar-refractivity contribution is 6.35. The number of halogens is 2. The van der Waals surface area contributed by atoms with Crippen molar-refractivity contribution in [3.05, 3.63) is 70.5 Å². The van der Waals surface area contributed by atoms with Gasteiger partial charge in [0, 0.05) is 35.0 Å². The lowest BCUT2D eigenvalue weighted by Crippen LogP contribution is -2.26. The summed E-state index contributed by atoms with van der Waals surface area (Å²) in [5.74, 6) is -0.225. The molecule has 1 aromatic heterocycles. The molecular formula is C17H17Cl2N3O. The van der Waals surface area contributed by atoms with Crippen molar-refractivity contribution in [1.82, 2.24) is 10.3 Å². The predicted molar refractivity (Wildman–Crippen MR) is 95.4 cm³/mol. The minimum absolute atomic E-state index is 0.225. The second-order valence-corrected chi connectivity index (χ2v) is 5.68. The van der Waals surface area contributed by atoms with Gasteiger partial charge in [-0.15, -0.1) is 6.58 Å². The van der Waals surface area contributed by atoms with Crippen molar-refractivity contribution in [2.75, 3.05) is 18.4 Å². The zero-order valence-corrected chi connectivity index (χ0v) is 14.0. The number of benzene rings is 1. The number of carbonyl (C=O) groups is 1. The molecule has 2 N–H and O–H groups in total. The molecule has 1 amide bonds. The van der Waals surface area contributed by atoms with Crippen LogP contribution in [0.4, 0.5) is 5.69 Å². The first-order chi connectivity index (χ1) is 11.1. The van der Waals surface area contributed by atoms with Gasteiger partial charge in [0.05, 0.1) is 0 Å². The van der Waals surface area contributed by atoms with Gasteiger partial charge in [-0.1, -0.05) is 35.3 Å². The van der Waals surface area contributed by atoms with Gasteiger partial charge < -0.3 is 10.6 Å². The fourth-order valence-electron chi connectivity index (χ4n) is 1.98. The molecule has 0 saturated heterocycles. The summed E-state index contributed by atoms with van der Waals surface area (Å²) >= 11 is 12.0. The standard InChI is InChI=1S/C17H17Cl2N3O/c1-2-7-20-14-6-9-21-16(11-14)17(23)22-8-5-12-3-4-13(18)10-15(12)19/h2-4,6,9-11H,1,5,7-8H2,(H,20,21)(H,22,23). The van der Waals surface area contributed by atoms with E-state index in [-0.39, 0.29) is 5.91 Å². The molecule has 1 aromatic carbocycles. The summed E-state index contributed by atoms with van der Waals surface area (Å²) in [7, 11) is 0. The topological polar surface area (TPSA) is 54.0 Å². The average Bonchev–Trinajstić information content (AvgIpc) is 2.55. The molecule has 0 fully saturated rings. The third-order valence-corrected chi connectivity index (χ3v) is 3.73. The third-order valence-electron chi connectivity index (χ3n) is 3.14. The van der Waals surface area contributed by atoms with Crippen LogP contribution in [0.3, 0.4) is 0 Å². The van der Waals surface area contributed by atoms with Crippen molar-refractivity contribution in [1.29, 1.82) is 0 Å². The molecule has 4 nitrogen and oxygen atoms in total. The molecule has 2 aromatic rings. The lowest BCUT2D eigenvalue weighted by atomic mass is 10.1. The molecule has 0 unspecified atom stereocenters. The molecule has 0 radical (unpaired) electrons. The minimum atomic E-state index is -0.225. The fraction of sp³-hybridized carbons (Fsp3) is 0.176. The molecule has 2 rings (SSSR count). The van der Waals surface area contributed by atoms with Crippen molar-refractivity contribution in [2.45, 2.75) is 6.42 Å². The largest absolute Gasteiger partial charge is 0.381 e. The number of pyridine rings is 1. The number of anilines is 1. The first-order valence-electron chi connectivity index (χ1n) is 7.13. The fourth-order valence-corrected chi connectivity index (χ4v) is 2.48. The van der Waals surface area contributed by atoms with Gasteiger partial charge in [0.25, 0.3) is 5.91 Å². The summed E-state index contributed by atoms with van der Waals surface area (Å²) in [6, 6.07) is 8.83. The first kappa shape index (κ1) is 17.3. The van der Waals surface area contributed by atoms with E-state index in [0.29, 0.717) is 35.2 Å². The smallest absolute Gasteiger partial charge is 0.269 e. The highest BCUT2D eigenvalue weighted by Crippen LogP contribution is 2.21. The van der Waals surface area contributed by atoms with E-state index in [2.05, 4.69) is 22.2 Å². The highest BCUT2D eigenvalue weighted by Gasteiger charge is 2.08. The van der Waals surface area contributed by atoms with Crippen LogP contribution in [0.2, 0.25) is 10.0 Å². The zero-order chi connectivity index (χ0) is 16.7. The van der Waals surface area contributed by atoms with Crippen LogP contribution in [0.15, 0.2) is 49.2 Å². The lowest BCUT2D eigenvalue weighted by Gasteiger charge is -2.08. The van der Waals surface area contributed by atoms with Gasteiger partial charge in [-0.2, -0.15) is 0 Å². The molecular weight excluding hydrogens is 333 g/mol. The van der Waals surface area contributed by atoms with Crippen LogP contribution in [-0.4, -0.2) is 24.0 Å². The first-order valence-corrected chi connectivity index (χ1v) is 7.88. The van der Waals surface area contributed by atoms with E-state index in [0.717, 1.165) is 11.3 Å². The summed E-state index contributed by atoms with van der Waals surface area (Å²) in [6.07, 6.45) is 3.96. The van der Waals surface area contributed by atoms with E-state index in [1.54, 1.807) is 36.5 Å². The van der Waals surface area contributed by atoms with Crippen molar-refractivity contribution in [3.63, 3.8) is 0 Å². The number of rotatable bonds is 7. The summed E-state index contributed by atoms with van der Waals surface area (Å²) in [4.78, 5) is 16.2. The average molecular weight is 350 g/mol. The maximum Gasteiger partial charge on any atom is 0.269 e. The monoisotopic (exact) mass is 349 g/mol. The van der Waals surface area contributed by atoms with Crippen molar-refractivity contribution >= 4 is 34.8 Å². The number of aromatic nitrogens is 1. The summed E-state index contributed by atoms with van der Waals surface area (Å²) in [5.41, 5.74) is 2.12. The molecule has 120 valence electrons. The Bertz CT molecular complexity index is 704. The number of hydrogen-bond donors (Lipinski definition) is 2. The van der Waals surface area contributed by atoms with Gasteiger partial charge in [0.2, 0.25) is 0 Å². The third kappa shape index (κ3) is 5.27. The Labute approximate surface area is 145 Å².